The number of fused-ring (bicyclic) bond motifs is 1. The van der Waals surface area contributed by atoms with Crippen LogP contribution in [0.25, 0.3) is 0 Å². The maximum atomic E-state index is 11.6. The van der Waals surface area contributed by atoms with Crippen LogP contribution >= 0.6 is 0 Å². The molecule has 3 aliphatic rings. The Bertz CT molecular complexity index is 403. The topological polar surface area (TPSA) is 87.9 Å². The van der Waals surface area contributed by atoms with E-state index in [4.69, 9.17) is 10.6 Å². The molecule has 0 saturated carbocycles. The summed E-state index contributed by atoms with van der Waals surface area (Å²) in [6.45, 7) is 3.49. The number of ether oxygens (including phenoxy) is 1. The molecule has 3 heterocycles. The van der Waals surface area contributed by atoms with Crippen molar-refractivity contribution in [3.63, 3.8) is 0 Å². The Hall–Kier alpha value is -1.18. The molecule has 3 unspecified atom stereocenters. The van der Waals surface area contributed by atoms with Gasteiger partial charge in [0.15, 0.2) is 0 Å². The standard InChI is InChI=1S/C13H22N4O3/c14-15-13(19)11-3-2-10(20-11)8-16-5-6-17-9(7-16)1-4-12(17)18/h9-11H,1-8,14H2,(H,15,19). The van der Waals surface area contributed by atoms with E-state index in [1.165, 1.54) is 0 Å². The fourth-order valence-electron chi connectivity index (χ4n) is 3.51. The monoisotopic (exact) mass is 282 g/mol. The third-order valence-electron chi connectivity index (χ3n) is 4.58. The Labute approximate surface area is 118 Å². The van der Waals surface area contributed by atoms with E-state index in [9.17, 15) is 9.59 Å². The van der Waals surface area contributed by atoms with E-state index in [1.807, 2.05) is 4.90 Å². The summed E-state index contributed by atoms with van der Waals surface area (Å²) in [5.41, 5.74) is 2.14. The first-order valence-electron chi connectivity index (χ1n) is 7.35. The summed E-state index contributed by atoms with van der Waals surface area (Å²) in [5.74, 6) is 5.19. The van der Waals surface area contributed by atoms with Gasteiger partial charge in [0.05, 0.1) is 6.10 Å². The predicted octanol–water partition coefficient (Wildman–Crippen LogP) is -1.17. The average molecular weight is 282 g/mol. The highest BCUT2D eigenvalue weighted by molar-refractivity contribution is 5.80. The Morgan fingerprint density at radius 1 is 1.35 bits per heavy atom. The van der Waals surface area contributed by atoms with E-state index in [-0.39, 0.29) is 12.0 Å². The second kappa shape index (κ2) is 5.67. The van der Waals surface area contributed by atoms with E-state index in [0.717, 1.165) is 45.4 Å². The summed E-state index contributed by atoms with van der Waals surface area (Å²) in [6.07, 6.45) is 2.98. The van der Waals surface area contributed by atoms with Gasteiger partial charge < -0.3 is 9.64 Å². The summed E-state index contributed by atoms with van der Waals surface area (Å²) in [4.78, 5) is 27.4. The number of nitrogens with one attached hydrogen (secondary N) is 1. The molecule has 3 fully saturated rings. The Morgan fingerprint density at radius 3 is 3.00 bits per heavy atom. The number of hydrogen-bond donors (Lipinski definition) is 2. The molecule has 0 aliphatic carbocycles. The van der Waals surface area contributed by atoms with Crippen molar-refractivity contribution < 1.29 is 14.3 Å². The minimum atomic E-state index is -0.403. The van der Waals surface area contributed by atoms with Gasteiger partial charge in [-0.05, 0) is 19.3 Å². The Kier molecular flexibility index (Phi) is 3.91. The molecule has 112 valence electrons. The summed E-state index contributed by atoms with van der Waals surface area (Å²) >= 11 is 0. The smallest absolute Gasteiger partial charge is 0.263 e. The molecule has 20 heavy (non-hydrogen) atoms. The van der Waals surface area contributed by atoms with Crippen molar-refractivity contribution in [1.82, 2.24) is 15.2 Å². The first-order chi connectivity index (χ1) is 9.67. The van der Waals surface area contributed by atoms with Crippen LogP contribution in [0.1, 0.15) is 25.7 Å². The summed E-state index contributed by atoms with van der Waals surface area (Å²) < 4.78 is 5.74. The molecule has 0 bridgehead atoms. The van der Waals surface area contributed by atoms with Crippen molar-refractivity contribution in [2.45, 2.75) is 43.9 Å². The van der Waals surface area contributed by atoms with Gasteiger partial charge in [0.2, 0.25) is 5.91 Å². The molecule has 7 heteroatoms. The third kappa shape index (κ3) is 2.65. The lowest BCUT2D eigenvalue weighted by molar-refractivity contribution is -0.134. The zero-order chi connectivity index (χ0) is 14.1. The molecule has 3 rings (SSSR count). The molecule has 3 aliphatic heterocycles. The molecule has 7 nitrogen and oxygen atoms in total. The van der Waals surface area contributed by atoms with Crippen LogP contribution in [0.3, 0.4) is 0 Å². The maximum Gasteiger partial charge on any atom is 0.263 e. The largest absolute Gasteiger partial charge is 0.364 e. The second-order valence-corrected chi connectivity index (χ2v) is 5.87. The quantitative estimate of drug-likeness (QED) is 0.387. The van der Waals surface area contributed by atoms with Gasteiger partial charge >= 0.3 is 0 Å². The number of amides is 2. The second-order valence-electron chi connectivity index (χ2n) is 5.87. The fourth-order valence-corrected chi connectivity index (χ4v) is 3.51. The van der Waals surface area contributed by atoms with Crippen molar-refractivity contribution in [2.24, 2.45) is 5.84 Å². The van der Waals surface area contributed by atoms with E-state index in [1.54, 1.807) is 0 Å². The highest BCUT2D eigenvalue weighted by atomic mass is 16.5. The fraction of sp³-hybridized carbons (Fsp3) is 0.846. The van der Waals surface area contributed by atoms with Gasteiger partial charge in [-0.2, -0.15) is 0 Å². The molecular weight excluding hydrogens is 260 g/mol. The van der Waals surface area contributed by atoms with Crippen molar-refractivity contribution in [2.75, 3.05) is 26.2 Å². The van der Waals surface area contributed by atoms with Crippen LogP contribution in [0, 0.1) is 0 Å². The summed E-state index contributed by atoms with van der Waals surface area (Å²) in [5, 5.41) is 0. The normalized spacial score (nSPS) is 34.4. The Morgan fingerprint density at radius 2 is 2.20 bits per heavy atom. The first-order valence-corrected chi connectivity index (χ1v) is 7.35. The van der Waals surface area contributed by atoms with Gasteiger partial charge in [0.25, 0.3) is 5.91 Å². The molecule has 3 N–H and O–H groups in total. The van der Waals surface area contributed by atoms with Gasteiger partial charge in [-0.25, -0.2) is 5.84 Å². The minimum Gasteiger partial charge on any atom is -0.364 e. The van der Waals surface area contributed by atoms with E-state index in [0.29, 0.717) is 18.4 Å². The minimum absolute atomic E-state index is 0.0981. The molecule has 0 spiro atoms. The number of carbonyl (C=O) groups is 2. The molecule has 3 saturated heterocycles. The predicted molar refractivity (Wildman–Crippen MR) is 71.4 cm³/mol. The molecule has 3 atom stereocenters. The van der Waals surface area contributed by atoms with Crippen LogP contribution in [-0.2, 0) is 14.3 Å². The third-order valence-corrected chi connectivity index (χ3v) is 4.58. The van der Waals surface area contributed by atoms with E-state index >= 15 is 0 Å². The number of hydrazine groups is 1. The number of nitrogens with two attached hydrogens (primary N) is 1. The number of rotatable bonds is 3. The number of carbonyl (C=O) groups excluding carboxylic acids is 2. The SMILES string of the molecule is NNC(=O)C1CCC(CN2CCN3C(=O)CCC3C2)O1. The highest BCUT2D eigenvalue weighted by Gasteiger charge is 2.37. The van der Waals surface area contributed by atoms with Crippen LogP contribution in [0.2, 0.25) is 0 Å². The van der Waals surface area contributed by atoms with Crippen LogP contribution in [-0.4, -0.2) is 66.0 Å². The van der Waals surface area contributed by atoms with Gasteiger partial charge in [0.1, 0.15) is 6.10 Å². The number of nitrogens with zero attached hydrogens (tertiary/aromatic N) is 2. The average Bonchev–Trinajstić information content (AvgIpc) is 3.06. The molecular formula is C13H22N4O3. The lowest BCUT2D eigenvalue weighted by atomic mass is 10.1. The van der Waals surface area contributed by atoms with Crippen molar-refractivity contribution in [3.05, 3.63) is 0 Å². The van der Waals surface area contributed by atoms with Gasteiger partial charge in [-0.15, -0.1) is 0 Å². The first kappa shape index (κ1) is 13.8. The van der Waals surface area contributed by atoms with Crippen LogP contribution < -0.4 is 11.3 Å². The van der Waals surface area contributed by atoms with Crippen LogP contribution in [0.4, 0.5) is 0 Å². The zero-order valence-corrected chi connectivity index (χ0v) is 11.6. The van der Waals surface area contributed by atoms with Crippen molar-refractivity contribution in [1.29, 1.82) is 0 Å². The molecule has 2 amide bonds. The van der Waals surface area contributed by atoms with Crippen LogP contribution in [0.5, 0.6) is 0 Å². The Balaban J connectivity index is 1.48. The molecule has 0 aromatic carbocycles. The van der Waals surface area contributed by atoms with Gasteiger partial charge in [0, 0.05) is 38.6 Å². The van der Waals surface area contributed by atoms with E-state index in [2.05, 4.69) is 10.3 Å². The molecule has 0 radical (unpaired) electrons. The van der Waals surface area contributed by atoms with Gasteiger partial charge in [-0.1, -0.05) is 0 Å². The van der Waals surface area contributed by atoms with E-state index < -0.39 is 6.10 Å². The molecule has 0 aromatic heterocycles. The highest BCUT2D eigenvalue weighted by Crippen LogP contribution is 2.25. The van der Waals surface area contributed by atoms with Gasteiger partial charge in [-0.3, -0.25) is 19.9 Å². The van der Waals surface area contributed by atoms with Crippen LogP contribution in [0.15, 0.2) is 0 Å². The van der Waals surface area contributed by atoms with Crippen molar-refractivity contribution in [3.8, 4) is 0 Å². The number of hydrogen-bond acceptors (Lipinski definition) is 5. The molecule has 0 aromatic rings. The summed E-state index contributed by atoms with van der Waals surface area (Å²) in [7, 11) is 0. The zero-order valence-electron chi connectivity index (χ0n) is 11.6. The number of piperazine rings is 1. The maximum absolute atomic E-state index is 11.6. The summed E-state index contributed by atoms with van der Waals surface area (Å²) in [6, 6.07) is 0.376. The lowest BCUT2D eigenvalue weighted by Crippen LogP contribution is -2.53. The van der Waals surface area contributed by atoms with Crippen molar-refractivity contribution >= 4 is 11.8 Å². The lowest BCUT2D eigenvalue weighted by Gasteiger charge is -2.38.